The van der Waals surface area contributed by atoms with Crippen molar-refractivity contribution in [3.8, 4) is 0 Å². The predicted octanol–water partition coefficient (Wildman–Crippen LogP) is 3.08. The topological polar surface area (TPSA) is 52.0 Å². The van der Waals surface area contributed by atoms with Crippen LogP contribution in [0.15, 0.2) is 30.5 Å². The highest BCUT2D eigenvalue weighted by atomic mass is 35.5. The van der Waals surface area contributed by atoms with E-state index in [-0.39, 0.29) is 5.91 Å². The van der Waals surface area contributed by atoms with Gasteiger partial charge >= 0.3 is 0 Å². The standard InChI is InChI=1S/C23H31ClN4O2/c1-17-16-25(2)22-20(29)8-11-28(23(30)21(17)22)10-3-9-26-12-14-27(15-13-26)19-6-4-18(24)5-7-19/h4-7,16,20,29H,3,8-15H2,1-2H3. The van der Waals surface area contributed by atoms with Crippen molar-refractivity contribution in [1.82, 2.24) is 14.4 Å². The molecule has 2 aromatic rings. The summed E-state index contributed by atoms with van der Waals surface area (Å²) in [6.45, 7) is 8.34. The van der Waals surface area contributed by atoms with Gasteiger partial charge in [-0.15, -0.1) is 0 Å². The number of benzene rings is 1. The molecule has 7 heteroatoms. The fourth-order valence-corrected chi connectivity index (χ4v) is 4.86. The van der Waals surface area contributed by atoms with E-state index in [1.165, 1.54) is 5.69 Å². The Morgan fingerprint density at radius 1 is 1.07 bits per heavy atom. The number of nitrogens with zero attached hydrogens (tertiary/aromatic N) is 4. The van der Waals surface area contributed by atoms with E-state index in [4.69, 9.17) is 11.6 Å². The monoisotopic (exact) mass is 430 g/mol. The van der Waals surface area contributed by atoms with Gasteiger partial charge in [0.25, 0.3) is 5.91 Å². The molecule has 1 fully saturated rings. The SMILES string of the molecule is Cc1cn(C)c2c1C(=O)N(CCCN1CCN(c3ccc(Cl)cc3)CC1)CCC2O. The third-order valence-electron chi connectivity index (χ3n) is 6.37. The second-order valence-electron chi connectivity index (χ2n) is 8.44. The van der Waals surface area contributed by atoms with Gasteiger partial charge in [-0.05, 0) is 56.1 Å². The molecule has 0 bridgehead atoms. The number of anilines is 1. The van der Waals surface area contributed by atoms with E-state index < -0.39 is 6.10 Å². The molecule has 2 aliphatic rings. The summed E-state index contributed by atoms with van der Waals surface area (Å²) in [5.74, 6) is 0.0622. The van der Waals surface area contributed by atoms with Crippen molar-refractivity contribution in [2.24, 2.45) is 7.05 Å². The maximum absolute atomic E-state index is 13.1. The van der Waals surface area contributed by atoms with E-state index in [0.29, 0.717) is 18.5 Å². The Hall–Kier alpha value is -2.02. The van der Waals surface area contributed by atoms with E-state index in [2.05, 4.69) is 21.9 Å². The number of aryl methyl sites for hydroxylation is 2. The van der Waals surface area contributed by atoms with Gasteiger partial charge in [0, 0.05) is 63.2 Å². The molecule has 0 spiro atoms. The number of hydrogen-bond acceptors (Lipinski definition) is 4. The summed E-state index contributed by atoms with van der Waals surface area (Å²) < 4.78 is 1.90. The summed E-state index contributed by atoms with van der Waals surface area (Å²) in [5, 5.41) is 11.3. The number of rotatable bonds is 5. The first-order chi connectivity index (χ1) is 14.4. The van der Waals surface area contributed by atoms with Crippen molar-refractivity contribution >= 4 is 23.2 Å². The summed E-state index contributed by atoms with van der Waals surface area (Å²) >= 11 is 5.99. The van der Waals surface area contributed by atoms with Gasteiger partial charge in [0.2, 0.25) is 0 Å². The molecule has 1 N–H and O–H groups in total. The molecular formula is C23H31ClN4O2. The molecular weight excluding hydrogens is 400 g/mol. The second kappa shape index (κ2) is 9.00. The highest BCUT2D eigenvalue weighted by molar-refractivity contribution is 6.30. The Labute approximate surface area is 183 Å². The van der Waals surface area contributed by atoms with Crippen molar-refractivity contribution in [3.63, 3.8) is 0 Å². The van der Waals surface area contributed by atoms with Crippen LogP contribution in [-0.4, -0.2) is 71.2 Å². The fraction of sp³-hybridized carbons (Fsp3) is 0.522. The van der Waals surface area contributed by atoms with Crippen LogP contribution in [0.5, 0.6) is 0 Å². The average molecular weight is 431 g/mol. The Bertz CT molecular complexity index is 887. The Kier molecular flexibility index (Phi) is 6.37. The molecule has 3 heterocycles. The molecule has 162 valence electrons. The number of fused-ring (bicyclic) bond motifs is 1. The molecule has 1 aromatic carbocycles. The number of aromatic nitrogens is 1. The number of carbonyl (C=O) groups is 1. The normalized spacial score (nSPS) is 20.4. The minimum atomic E-state index is -0.575. The maximum atomic E-state index is 13.1. The summed E-state index contributed by atoms with van der Waals surface area (Å²) in [4.78, 5) is 19.9. The molecule has 4 rings (SSSR count). The number of halogens is 1. The lowest BCUT2D eigenvalue weighted by Crippen LogP contribution is -2.47. The number of carbonyl (C=O) groups excluding carboxylic acids is 1. The van der Waals surface area contributed by atoms with Crippen LogP contribution in [0.3, 0.4) is 0 Å². The highest BCUT2D eigenvalue weighted by Gasteiger charge is 2.31. The zero-order chi connectivity index (χ0) is 21.3. The third-order valence-corrected chi connectivity index (χ3v) is 6.63. The maximum Gasteiger partial charge on any atom is 0.256 e. The van der Waals surface area contributed by atoms with E-state index >= 15 is 0 Å². The van der Waals surface area contributed by atoms with Crippen molar-refractivity contribution in [2.45, 2.75) is 25.9 Å². The minimum Gasteiger partial charge on any atom is -0.387 e. The third kappa shape index (κ3) is 4.36. The van der Waals surface area contributed by atoms with Gasteiger partial charge in [-0.3, -0.25) is 9.69 Å². The zero-order valence-electron chi connectivity index (χ0n) is 17.9. The largest absolute Gasteiger partial charge is 0.387 e. The predicted molar refractivity (Wildman–Crippen MR) is 120 cm³/mol. The Balaban J connectivity index is 1.28. The van der Waals surface area contributed by atoms with Crippen LogP contribution in [0.25, 0.3) is 0 Å². The van der Waals surface area contributed by atoms with Gasteiger partial charge in [-0.1, -0.05) is 11.6 Å². The van der Waals surface area contributed by atoms with Crippen LogP contribution in [0.1, 0.15) is 40.6 Å². The van der Waals surface area contributed by atoms with Crippen LogP contribution in [0.4, 0.5) is 5.69 Å². The van der Waals surface area contributed by atoms with Crippen molar-refractivity contribution < 1.29 is 9.90 Å². The number of aliphatic hydroxyl groups excluding tert-OH is 1. The lowest BCUT2D eigenvalue weighted by molar-refractivity contribution is 0.0737. The molecule has 0 saturated carbocycles. The zero-order valence-corrected chi connectivity index (χ0v) is 18.6. The highest BCUT2D eigenvalue weighted by Crippen LogP contribution is 2.30. The molecule has 1 aromatic heterocycles. The molecule has 30 heavy (non-hydrogen) atoms. The quantitative estimate of drug-likeness (QED) is 0.792. The Morgan fingerprint density at radius 2 is 1.77 bits per heavy atom. The van der Waals surface area contributed by atoms with Crippen LogP contribution in [0, 0.1) is 6.92 Å². The first-order valence-corrected chi connectivity index (χ1v) is 11.2. The summed E-state index contributed by atoms with van der Waals surface area (Å²) in [5.41, 5.74) is 3.63. The molecule has 2 aliphatic heterocycles. The number of piperazine rings is 1. The van der Waals surface area contributed by atoms with E-state index in [1.807, 2.05) is 41.8 Å². The molecule has 1 atom stereocenters. The molecule has 6 nitrogen and oxygen atoms in total. The number of aliphatic hydroxyl groups is 1. The van der Waals surface area contributed by atoms with Gasteiger partial charge in [0.15, 0.2) is 0 Å². The smallest absolute Gasteiger partial charge is 0.256 e. The van der Waals surface area contributed by atoms with Crippen molar-refractivity contribution in [1.29, 1.82) is 0 Å². The summed E-state index contributed by atoms with van der Waals surface area (Å²) in [6, 6.07) is 8.05. The summed E-state index contributed by atoms with van der Waals surface area (Å²) in [6.07, 6.45) is 2.91. The minimum absolute atomic E-state index is 0.0622. The van der Waals surface area contributed by atoms with Crippen LogP contribution in [0.2, 0.25) is 5.02 Å². The van der Waals surface area contributed by atoms with Crippen LogP contribution < -0.4 is 4.90 Å². The van der Waals surface area contributed by atoms with E-state index in [1.54, 1.807) is 0 Å². The Morgan fingerprint density at radius 3 is 2.47 bits per heavy atom. The average Bonchev–Trinajstić information content (AvgIpc) is 2.97. The molecule has 1 amide bonds. The van der Waals surface area contributed by atoms with Crippen molar-refractivity contribution in [3.05, 3.63) is 52.3 Å². The molecule has 1 saturated heterocycles. The lowest BCUT2D eigenvalue weighted by Gasteiger charge is -2.36. The molecule has 1 unspecified atom stereocenters. The first kappa shape index (κ1) is 21.2. The fourth-order valence-electron chi connectivity index (χ4n) is 4.74. The number of hydrogen-bond donors (Lipinski definition) is 1. The van der Waals surface area contributed by atoms with Crippen LogP contribution in [-0.2, 0) is 7.05 Å². The van der Waals surface area contributed by atoms with Gasteiger partial charge in [0.05, 0.1) is 17.4 Å². The first-order valence-electron chi connectivity index (χ1n) is 10.8. The van der Waals surface area contributed by atoms with Crippen molar-refractivity contribution in [2.75, 3.05) is 50.7 Å². The lowest BCUT2D eigenvalue weighted by atomic mass is 10.1. The van der Waals surface area contributed by atoms with Gasteiger partial charge in [-0.2, -0.15) is 0 Å². The van der Waals surface area contributed by atoms with E-state index in [0.717, 1.165) is 62.0 Å². The van der Waals surface area contributed by atoms with Gasteiger partial charge < -0.3 is 19.5 Å². The van der Waals surface area contributed by atoms with Crippen LogP contribution >= 0.6 is 11.6 Å². The van der Waals surface area contributed by atoms with Gasteiger partial charge in [0.1, 0.15) is 0 Å². The second-order valence-corrected chi connectivity index (χ2v) is 8.88. The van der Waals surface area contributed by atoms with E-state index in [9.17, 15) is 9.90 Å². The number of amides is 1. The molecule has 0 radical (unpaired) electrons. The molecule has 0 aliphatic carbocycles. The van der Waals surface area contributed by atoms with Gasteiger partial charge in [-0.25, -0.2) is 0 Å². The summed E-state index contributed by atoms with van der Waals surface area (Å²) in [7, 11) is 1.90.